The predicted octanol–water partition coefficient (Wildman–Crippen LogP) is 2.44. The first kappa shape index (κ1) is 13.9. The van der Waals surface area contributed by atoms with Gasteiger partial charge in [-0.25, -0.2) is 4.39 Å². The van der Waals surface area contributed by atoms with E-state index in [4.69, 9.17) is 0 Å². The lowest BCUT2D eigenvalue weighted by atomic mass is 10.2. The molecule has 106 valence electrons. The number of hydrogen-bond acceptors (Lipinski definition) is 5. The molecule has 2 rings (SSSR count). The van der Waals surface area contributed by atoms with Gasteiger partial charge in [-0.15, -0.1) is 10.2 Å². The number of non-ortho nitro benzene ring substituents is 1. The second kappa shape index (κ2) is 5.64. The van der Waals surface area contributed by atoms with Crippen molar-refractivity contribution in [1.82, 2.24) is 14.8 Å². The number of halogens is 1. The van der Waals surface area contributed by atoms with Gasteiger partial charge in [0, 0.05) is 24.7 Å². The Labute approximate surface area is 114 Å². The first-order chi connectivity index (χ1) is 9.56. The minimum atomic E-state index is -0.676. The number of aromatic nitrogens is 3. The molecule has 0 spiro atoms. The maximum atomic E-state index is 13.5. The number of nitrogens with one attached hydrogen (secondary N) is 1. The zero-order valence-electron chi connectivity index (χ0n) is 11.1. The highest BCUT2D eigenvalue weighted by Crippen LogP contribution is 2.26. The van der Waals surface area contributed by atoms with E-state index in [2.05, 4.69) is 15.5 Å². The molecule has 0 atom stereocenters. The van der Waals surface area contributed by atoms with Crippen molar-refractivity contribution < 1.29 is 9.31 Å². The number of hydrogen-bond donors (Lipinski definition) is 1. The van der Waals surface area contributed by atoms with Crippen molar-refractivity contribution in [3.05, 3.63) is 34.1 Å². The molecule has 8 heteroatoms. The molecule has 1 aromatic carbocycles. The summed E-state index contributed by atoms with van der Waals surface area (Å²) in [6.45, 7) is 5.04. The van der Waals surface area contributed by atoms with Crippen molar-refractivity contribution in [3.63, 3.8) is 0 Å². The fourth-order valence-electron chi connectivity index (χ4n) is 1.91. The lowest BCUT2D eigenvalue weighted by Gasteiger charge is -2.08. The highest BCUT2D eigenvalue weighted by molar-refractivity contribution is 5.61. The molecule has 0 aliphatic carbocycles. The van der Waals surface area contributed by atoms with Crippen LogP contribution in [0.25, 0.3) is 11.4 Å². The summed E-state index contributed by atoms with van der Waals surface area (Å²) in [5.41, 5.74) is 0.0193. The normalized spacial score (nSPS) is 10.6. The molecule has 0 radical (unpaired) electrons. The van der Waals surface area contributed by atoms with Crippen LogP contribution in [0.3, 0.4) is 0 Å². The van der Waals surface area contributed by atoms with Gasteiger partial charge >= 0.3 is 0 Å². The second-order valence-corrected chi connectivity index (χ2v) is 4.08. The van der Waals surface area contributed by atoms with Crippen molar-refractivity contribution in [3.8, 4) is 11.4 Å². The molecule has 20 heavy (non-hydrogen) atoms. The van der Waals surface area contributed by atoms with Crippen LogP contribution in [0, 0.1) is 15.9 Å². The average molecular weight is 279 g/mol. The summed E-state index contributed by atoms with van der Waals surface area (Å²) < 4.78 is 15.2. The van der Waals surface area contributed by atoms with E-state index in [1.54, 1.807) is 4.57 Å². The molecule has 0 bridgehead atoms. The fraction of sp³-hybridized carbons (Fsp3) is 0.333. The Hall–Kier alpha value is -2.51. The maximum absolute atomic E-state index is 13.5. The van der Waals surface area contributed by atoms with Gasteiger partial charge in [0.05, 0.1) is 11.0 Å². The molecule has 0 aliphatic heterocycles. The van der Waals surface area contributed by atoms with Gasteiger partial charge in [0.2, 0.25) is 5.95 Å². The van der Waals surface area contributed by atoms with Crippen LogP contribution in [0.4, 0.5) is 16.0 Å². The molecular weight excluding hydrogens is 265 g/mol. The van der Waals surface area contributed by atoms with E-state index in [0.717, 1.165) is 6.07 Å². The molecule has 0 amide bonds. The van der Waals surface area contributed by atoms with E-state index in [1.807, 2.05) is 13.8 Å². The minimum absolute atomic E-state index is 0.310. The standard InChI is InChI=1S/C12H14FN5O2/c1-3-14-12-16-15-11(17(12)4-2)8-5-9(13)7-10(6-8)18(19)20/h5-7H,3-4H2,1-2H3,(H,14,16). The van der Waals surface area contributed by atoms with E-state index in [0.29, 0.717) is 30.4 Å². The zero-order valence-corrected chi connectivity index (χ0v) is 11.1. The van der Waals surface area contributed by atoms with Crippen molar-refractivity contribution in [2.24, 2.45) is 0 Å². The SMILES string of the molecule is CCNc1nnc(-c2cc(F)cc([N+](=O)[O-])c2)n1CC. The van der Waals surface area contributed by atoms with Gasteiger partial charge in [0.25, 0.3) is 5.69 Å². The molecule has 0 aliphatic rings. The van der Waals surface area contributed by atoms with E-state index in [-0.39, 0.29) is 5.69 Å². The average Bonchev–Trinajstić information content (AvgIpc) is 2.81. The van der Waals surface area contributed by atoms with Crippen molar-refractivity contribution in [2.45, 2.75) is 20.4 Å². The Bertz CT molecular complexity index is 641. The van der Waals surface area contributed by atoms with Crippen LogP contribution in [0.2, 0.25) is 0 Å². The number of nitrogens with zero attached hydrogens (tertiary/aromatic N) is 4. The van der Waals surface area contributed by atoms with Gasteiger partial charge in [0.1, 0.15) is 5.82 Å². The van der Waals surface area contributed by atoms with Crippen molar-refractivity contribution in [2.75, 3.05) is 11.9 Å². The molecule has 0 unspecified atom stereocenters. The molecule has 0 saturated carbocycles. The Morgan fingerprint density at radius 3 is 2.70 bits per heavy atom. The quantitative estimate of drug-likeness (QED) is 0.671. The maximum Gasteiger partial charge on any atom is 0.273 e. The number of rotatable bonds is 5. The van der Waals surface area contributed by atoms with Gasteiger partial charge in [-0.3, -0.25) is 14.7 Å². The van der Waals surface area contributed by atoms with Crippen molar-refractivity contribution in [1.29, 1.82) is 0 Å². The summed E-state index contributed by atoms with van der Waals surface area (Å²) in [7, 11) is 0. The van der Waals surface area contributed by atoms with Crippen LogP contribution >= 0.6 is 0 Å². The fourth-order valence-corrected chi connectivity index (χ4v) is 1.91. The molecule has 1 N–H and O–H groups in total. The highest BCUT2D eigenvalue weighted by Gasteiger charge is 2.17. The molecular formula is C12H14FN5O2. The summed E-state index contributed by atoms with van der Waals surface area (Å²) >= 11 is 0. The number of nitro benzene ring substituents is 1. The molecule has 1 aromatic heterocycles. The molecule has 1 heterocycles. The summed E-state index contributed by atoms with van der Waals surface area (Å²) in [6.07, 6.45) is 0. The van der Waals surface area contributed by atoms with Gasteiger partial charge < -0.3 is 5.32 Å². The van der Waals surface area contributed by atoms with E-state index in [9.17, 15) is 14.5 Å². The van der Waals surface area contributed by atoms with Gasteiger partial charge in [-0.2, -0.15) is 0 Å². The van der Waals surface area contributed by atoms with Gasteiger partial charge in [-0.05, 0) is 19.9 Å². The van der Waals surface area contributed by atoms with Crippen LogP contribution in [-0.2, 0) is 6.54 Å². The first-order valence-electron chi connectivity index (χ1n) is 6.19. The second-order valence-electron chi connectivity index (χ2n) is 4.08. The van der Waals surface area contributed by atoms with Crippen LogP contribution < -0.4 is 5.32 Å². The smallest absolute Gasteiger partial charge is 0.273 e. The van der Waals surface area contributed by atoms with E-state index >= 15 is 0 Å². The zero-order chi connectivity index (χ0) is 14.7. The van der Waals surface area contributed by atoms with E-state index < -0.39 is 10.7 Å². The Morgan fingerprint density at radius 1 is 1.35 bits per heavy atom. The third-order valence-electron chi connectivity index (χ3n) is 2.75. The number of anilines is 1. The third kappa shape index (κ3) is 2.58. The molecule has 7 nitrogen and oxygen atoms in total. The van der Waals surface area contributed by atoms with Gasteiger partial charge in [0.15, 0.2) is 5.82 Å². The Kier molecular flexibility index (Phi) is 3.92. The number of nitro groups is 1. The predicted molar refractivity (Wildman–Crippen MR) is 71.9 cm³/mol. The van der Waals surface area contributed by atoms with Crippen LogP contribution in [0.1, 0.15) is 13.8 Å². The van der Waals surface area contributed by atoms with Crippen molar-refractivity contribution >= 4 is 11.6 Å². The Morgan fingerprint density at radius 2 is 2.10 bits per heavy atom. The number of benzene rings is 1. The molecule has 0 fully saturated rings. The molecule has 2 aromatic rings. The molecule has 0 saturated heterocycles. The summed E-state index contributed by atoms with van der Waals surface area (Å²) in [4.78, 5) is 10.1. The Balaban J connectivity index is 2.53. The van der Waals surface area contributed by atoms with E-state index in [1.165, 1.54) is 12.1 Å². The van der Waals surface area contributed by atoms with Crippen LogP contribution in [0.5, 0.6) is 0 Å². The summed E-state index contributed by atoms with van der Waals surface area (Å²) in [5.74, 6) is 0.271. The van der Waals surface area contributed by atoms with Crippen LogP contribution in [0.15, 0.2) is 18.2 Å². The lowest BCUT2D eigenvalue weighted by Crippen LogP contribution is -2.07. The summed E-state index contributed by atoms with van der Waals surface area (Å²) in [6, 6.07) is 3.37. The topological polar surface area (TPSA) is 85.9 Å². The van der Waals surface area contributed by atoms with Crippen LogP contribution in [-0.4, -0.2) is 26.2 Å². The highest BCUT2D eigenvalue weighted by atomic mass is 19.1. The lowest BCUT2D eigenvalue weighted by molar-refractivity contribution is -0.385. The monoisotopic (exact) mass is 279 g/mol. The third-order valence-corrected chi connectivity index (χ3v) is 2.75. The minimum Gasteiger partial charge on any atom is -0.355 e. The first-order valence-corrected chi connectivity index (χ1v) is 6.19. The largest absolute Gasteiger partial charge is 0.355 e. The summed E-state index contributed by atoms with van der Waals surface area (Å²) in [5, 5.41) is 21.8. The van der Waals surface area contributed by atoms with Gasteiger partial charge in [-0.1, -0.05) is 0 Å².